The average molecular weight is 354 g/mol. The van der Waals surface area contributed by atoms with Gasteiger partial charge in [-0.3, -0.25) is 9.59 Å². The lowest BCUT2D eigenvalue weighted by atomic mass is 9.95. The second kappa shape index (κ2) is 6.82. The summed E-state index contributed by atoms with van der Waals surface area (Å²) < 4.78 is 7.07. The van der Waals surface area contributed by atoms with Gasteiger partial charge in [0.2, 0.25) is 5.91 Å². The Hall–Kier alpha value is -2.83. The van der Waals surface area contributed by atoms with E-state index in [1.807, 2.05) is 29.2 Å². The van der Waals surface area contributed by atoms with E-state index in [4.69, 9.17) is 4.74 Å². The molecule has 2 aliphatic rings. The van der Waals surface area contributed by atoms with Gasteiger partial charge in [-0.05, 0) is 18.1 Å². The molecule has 1 aromatic heterocycles. The summed E-state index contributed by atoms with van der Waals surface area (Å²) in [5.41, 5.74) is 1.79. The standard InChI is InChI=1S/C19H22N4O3/c1-21-18(24)11-16(12-20-21)22-6-8-23(9-7-22)19(25)15-10-14-4-2-3-5-17(14)26-13-15/h2-5,11-12,15H,6-10,13H2,1H3. The highest BCUT2D eigenvalue weighted by Crippen LogP contribution is 2.28. The number of hydrogen-bond acceptors (Lipinski definition) is 5. The number of para-hydroxylation sites is 1. The zero-order valence-electron chi connectivity index (χ0n) is 14.8. The number of fused-ring (bicyclic) bond motifs is 1. The minimum absolute atomic E-state index is 0.123. The molecule has 7 nitrogen and oxygen atoms in total. The molecule has 7 heteroatoms. The van der Waals surface area contributed by atoms with Gasteiger partial charge in [0.05, 0.1) is 17.8 Å². The molecule has 136 valence electrons. The fourth-order valence-corrected chi connectivity index (χ4v) is 3.56. The number of benzene rings is 1. The molecule has 3 heterocycles. The number of ether oxygens (including phenoxy) is 1. The summed E-state index contributed by atoms with van der Waals surface area (Å²) in [6.45, 7) is 3.13. The third-order valence-electron chi connectivity index (χ3n) is 5.14. The maximum absolute atomic E-state index is 12.9. The molecule has 0 bridgehead atoms. The van der Waals surface area contributed by atoms with Gasteiger partial charge in [0, 0.05) is 39.3 Å². The lowest BCUT2D eigenvalue weighted by Gasteiger charge is -2.38. The summed E-state index contributed by atoms with van der Waals surface area (Å²) >= 11 is 0. The highest BCUT2D eigenvalue weighted by Gasteiger charge is 2.31. The van der Waals surface area contributed by atoms with Crippen molar-refractivity contribution in [1.29, 1.82) is 0 Å². The van der Waals surface area contributed by atoms with Gasteiger partial charge in [-0.25, -0.2) is 4.68 Å². The van der Waals surface area contributed by atoms with Gasteiger partial charge < -0.3 is 14.5 Å². The predicted octanol–water partition coefficient (Wildman–Crippen LogP) is 0.680. The van der Waals surface area contributed by atoms with Crippen molar-refractivity contribution in [3.8, 4) is 5.75 Å². The third kappa shape index (κ3) is 3.16. The van der Waals surface area contributed by atoms with E-state index < -0.39 is 0 Å². The molecule has 2 aliphatic heterocycles. The second-order valence-corrected chi connectivity index (χ2v) is 6.81. The molecular formula is C19H22N4O3. The van der Waals surface area contributed by atoms with E-state index in [1.165, 1.54) is 4.68 Å². The molecule has 0 spiro atoms. The molecule has 1 unspecified atom stereocenters. The van der Waals surface area contributed by atoms with Crippen LogP contribution in [0, 0.1) is 5.92 Å². The quantitative estimate of drug-likeness (QED) is 0.793. The predicted molar refractivity (Wildman–Crippen MR) is 97.4 cm³/mol. The normalized spacial score (nSPS) is 19.7. The monoisotopic (exact) mass is 354 g/mol. The SMILES string of the molecule is Cn1ncc(N2CCN(C(=O)C3COc4ccccc4C3)CC2)cc1=O. The Morgan fingerprint density at radius 1 is 1.19 bits per heavy atom. The first kappa shape index (κ1) is 16.6. The lowest BCUT2D eigenvalue weighted by Crippen LogP contribution is -2.52. The van der Waals surface area contributed by atoms with Gasteiger partial charge in [0.1, 0.15) is 12.4 Å². The molecule has 0 saturated carbocycles. The number of carbonyl (C=O) groups excluding carboxylic acids is 1. The maximum Gasteiger partial charge on any atom is 0.268 e. The van der Waals surface area contributed by atoms with Gasteiger partial charge in [-0.1, -0.05) is 18.2 Å². The van der Waals surface area contributed by atoms with Crippen molar-refractivity contribution in [3.63, 3.8) is 0 Å². The van der Waals surface area contributed by atoms with Crippen LogP contribution in [0.15, 0.2) is 41.3 Å². The minimum Gasteiger partial charge on any atom is -0.492 e. The van der Waals surface area contributed by atoms with Crippen LogP contribution in [0.25, 0.3) is 0 Å². The van der Waals surface area contributed by atoms with Crippen molar-refractivity contribution in [3.05, 3.63) is 52.4 Å². The molecule has 2 aromatic rings. The molecule has 0 radical (unpaired) electrons. The number of rotatable bonds is 2. The van der Waals surface area contributed by atoms with E-state index in [-0.39, 0.29) is 17.4 Å². The van der Waals surface area contributed by atoms with Crippen molar-refractivity contribution >= 4 is 11.6 Å². The second-order valence-electron chi connectivity index (χ2n) is 6.81. The van der Waals surface area contributed by atoms with Gasteiger partial charge in [-0.15, -0.1) is 0 Å². The molecule has 1 saturated heterocycles. The number of anilines is 1. The van der Waals surface area contributed by atoms with Crippen molar-refractivity contribution in [1.82, 2.24) is 14.7 Å². The van der Waals surface area contributed by atoms with Crippen molar-refractivity contribution < 1.29 is 9.53 Å². The van der Waals surface area contributed by atoms with E-state index in [0.29, 0.717) is 32.8 Å². The molecular weight excluding hydrogens is 332 g/mol. The van der Waals surface area contributed by atoms with Gasteiger partial charge in [-0.2, -0.15) is 5.10 Å². The van der Waals surface area contributed by atoms with Gasteiger partial charge in [0.25, 0.3) is 5.56 Å². The Labute approximate surface area is 151 Å². The first-order chi connectivity index (χ1) is 12.6. The first-order valence-electron chi connectivity index (χ1n) is 8.89. The molecule has 0 aliphatic carbocycles. The number of nitrogens with zero attached hydrogens (tertiary/aromatic N) is 4. The van der Waals surface area contributed by atoms with Crippen LogP contribution in [-0.4, -0.2) is 53.4 Å². The zero-order chi connectivity index (χ0) is 18.1. The van der Waals surface area contributed by atoms with Crippen LogP contribution in [0.5, 0.6) is 5.75 Å². The van der Waals surface area contributed by atoms with Crippen molar-refractivity contribution in [2.24, 2.45) is 13.0 Å². The molecule has 1 atom stereocenters. The van der Waals surface area contributed by atoms with Crippen LogP contribution < -0.4 is 15.2 Å². The Balaban J connectivity index is 1.38. The maximum atomic E-state index is 12.9. The van der Waals surface area contributed by atoms with Crippen LogP contribution in [0.4, 0.5) is 5.69 Å². The number of aromatic nitrogens is 2. The summed E-state index contributed by atoms with van der Waals surface area (Å²) in [7, 11) is 1.63. The lowest BCUT2D eigenvalue weighted by molar-refractivity contribution is -0.137. The Morgan fingerprint density at radius 2 is 1.96 bits per heavy atom. The average Bonchev–Trinajstić information content (AvgIpc) is 2.69. The number of piperazine rings is 1. The molecule has 4 rings (SSSR count). The Morgan fingerprint density at radius 3 is 2.73 bits per heavy atom. The largest absolute Gasteiger partial charge is 0.492 e. The van der Waals surface area contributed by atoms with Crippen LogP contribution in [-0.2, 0) is 18.3 Å². The summed E-state index contributed by atoms with van der Waals surface area (Å²) in [5.74, 6) is 0.919. The highest BCUT2D eigenvalue weighted by molar-refractivity contribution is 5.80. The van der Waals surface area contributed by atoms with Crippen LogP contribution >= 0.6 is 0 Å². The van der Waals surface area contributed by atoms with Crippen LogP contribution in [0.1, 0.15) is 5.56 Å². The minimum atomic E-state index is -0.126. The molecule has 1 amide bonds. The van der Waals surface area contributed by atoms with E-state index in [9.17, 15) is 9.59 Å². The number of amides is 1. The molecule has 1 aromatic carbocycles. The smallest absolute Gasteiger partial charge is 0.268 e. The number of aryl methyl sites for hydroxylation is 1. The topological polar surface area (TPSA) is 67.7 Å². The Bertz CT molecular complexity index is 871. The molecule has 0 N–H and O–H groups in total. The fraction of sp³-hybridized carbons (Fsp3) is 0.421. The van der Waals surface area contributed by atoms with E-state index in [0.717, 1.165) is 23.4 Å². The van der Waals surface area contributed by atoms with E-state index in [1.54, 1.807) is 19.3 Å². The summed E-state index contributed by atoms with van der Waals surface area (Å²) in [5, 5.41) is 4.07. The van der Waals surface area contributed by atoms with Gasteiger partial charge in [0.15, 0.2) is 0 Å². The third-order valence-corrected chi connectivity index (χ3v) is 5.14. The first-order valence-corrected chi connectivity index (χ1v) is 8.89. The number of hydrogen-bond donors (Lipinski definition) is 0. The molecule has 1 fully saturated rings. The van der Waals surface area contributed by atoms with Crippen molar-refractivity contribution in [2.75, 3.05) is 37.7 Å². The van der Waals surface area contributed by atoms with Gasteiger partial charge >= 0.3 is 0 Å². The van der Waals surface area contributed by atoms with Crippen molar-refractivity contribution in [2.45, 2.75) is 6.42 Å². The fourth-order valence-electron chi connectivity index (χ4n) is 3.56. The summed E-state index contributed by atoms with van der Waals surface area (Å²) in [4.78, 5) is 28.6. The van der Waals surface area contributed by atoms with Crippen LogP contribution in [0.2, 0.25) is 0 Å². The Kier molecular flexibility index (Phi) is 4.36. The number of carbonyl (C=O) groups is 1. The summed E-state index contributed by atoms with van der Waals surface area (Å²) in [6, 6.07) is 9.50. The zero-order valence-corrected chi connectivity index (χ0v) is 14.8. The molecule has 26 heavy (non-hydrogen) atoms. The highest BCUT2D eigenvalue weighted by atomic mass is 16.5. The van der Waals surface area contributed by atoms with Crippen LogP contribution in [0.3, 0.4) is 0 Å². The van der Waals surface area contributed by atoms with E-state index >= 15 is 0 Å². The van der Waals surface area contributed by atoms with E-state index in [2.05, 4.69) is 10.00 Å². The summed E-state index contributed by atoms with van der Waals surface area (Å²) in [6.07, 6.45) is 2.43.